The molecule has 1 fully saturated rings. The first-order valence-corrected chi connectivity index (χ1v) is 9.31. The van der Waals surface area contributed by atoms with Crippen molar-refractivity contribution >= 4 is 23.6 Å². The molecule has 2 atom stereocenters. The van der Waals surface area contributed by atoms with E-state index in [-0.39, 0.29) is 17.6 Å². The maximum absolute atomic E-state index is 13.8. The summed E-state index contributed by atoms with van der Waals surface area (Å²) in [6.07, 6.45) is 0.304. The molecule has 2 aromatic rings. The number of aryl methyl sites for hydroxylation is 1. The molecule has 8 heteroatoms. The highest BCUT2D eigenvalue weighted by molar-refractivity contribution is 8.00. The Morgan fingerprint density at radius 1 is 1.46 bits per heavy atom. The van der Waals surface area contributed by atoms with Crippen molar-refractivity contribution in [3.8, 4) is 0 Å². The summed E-state index contributed by atoms with van der Waals surface area (Å²) in [4.78, 5) is 26.4. The molecular weight excluding hydrogens is 357 g/mol. The smallest absolute Gasteiger partial charge is 0.246 e. The van der Waals surface area contributed by atoms with Gasteiger partial charge >= 0.3 is 0 Å². The zero-order valence-electron chi connectivity index (χ0n) is 14.6. The highest BCUT2D eigenvalue weighted by Gasteiger charge is 2.34. The number of amides is 2. The number of likely N-dealkylation sites (N-methyl/N-ethyl adjacent to an activating group) is 1. The molecule has 26 heavy (non-hydrogen) atoms. The third-order valence-electron chi connectivity index (χ3n) is 4.19. The molecule has 0 unspecified atom stereocenters. The van der Waals surface area contributed by atoms with Gasteiger partial charge < -0.3 is 14.7 Å². The van der Waals surface area contributed by atoms with Crippen LogP contribution < -0.4 is 5.32 Å². The zero-order chi connectivity index (χ0) is 18.7. The van der Waals surface area contributed by atoms with Crippen LogP contribution in [-0.4, -0.2) is 46.0 Å². The number of thioether (sulfide) groups is 1. The highest BCUT2D eigenvalue weighted by atomic mass is 32.2. The van der Waals surface area contributed by atoms with Gasteiger partial charge in [-0.25, -0.2) is 4.39 Å². The molecule has 0 saturated carbocycles. The average molecular weight is 377 g/mol. The number of hydrogen-bond acceptors (Lipinski definition) is 5. The standard InChI is InChI=1S/C18H20FN3O3S/c1-11-7-13(21-25-11)9-22(2)18(24)15-10-26-16(17(23)20-15)8-12-5-3-4-6-14(12)19/h3-7,15-16H,8-10H2,1-2H3,(H,20,23)/t15-,16+/m0/s1. The first-order valence-electron chi connectivity index (χ1n) is 8.26. The molecular formula is C18H20FN3O3S. The van der Waals surface area contributed by atoms with Gasteiger partial charge in [0.1, 0.15) is 23.3 Å². The predicted octanol–water partition coefficient (Wildman–Crippen LogP) is 1.92. The quantitative estimate of drug-likeness (QED) is 0.862. The van der Waals surface area contributed by atoms with Crippen LogP contribution in [0.1, 0.15) is 17.0 Å². The molecule has 3 rings (SSSR count). The van der Waals surface area contributed by atoms with E-state index in [0.29, 0.717) is 35.7 Å². The van der Waals surface area contributed by atoms with Crippen molar-refractivity contribution in [2.75, 3.05) is 12.8 Å². The molecule has 2 heterocycles. The van der Waals surface area contributed by atoms with Gasteiger partial charge in [-0.05, 0) is 25.0 Å². The van der Waals surface area contributed by atoms with Gasteiger partial charge in [-0.15, -0.1) is 11.8 Å². The predicted molar refractivity (Wildman–Crippen MR) is 96.0 cm³/mol. The summed E-state index contributed by atoms with van der Waals surface area (Å²) < 4.78 is 18.8. The third-order valence-corrected chi connectivity index (χ3v) is 5.50. The summed E-state index contributed by atoms with van der Waals surface area (Å²) in [5, 5.41) is 6.23. The van der Waals surface area contributed by atoms with Crippen molar-refractivity contribution in [2.24, 2.45) is 0 Å². The molecule has 2 amide bonds. The van der Waals surface area contributed by atoms with Gasteiger partial charge in [-0.2, -0.15) is 0 Å². The van der Waals surface area contributed by atoms with E-state index in [0.717, 1.165) is 0 Å². The number of hydrogen-bond donors (Lipinski definition) is 1. The SMILES string of the molecule is Cc1cc(CN(C)C(=O)[C@@H]2CS[C@H](Cc3ccccc3F)C(=O)N2)no1. The fraction of sp³-hybridized carbons (Fsp3) is 0.389. The summed E-state index contributed by atoms with van der Waals surface area (Å²) in [5.74, 6) is 0.385. The van der Waals surface area contributed by atoms with Crippen molar-refractivity contribution in [1.82, 2.24) is 15.4 Å². The Bertz CT molecular complexity index is 810. The van der Waals surface area contributed by atoms with E-state index < -0.39 is 11.3 Å². The van der Waals surface area contributed by atoms with E-state index in [4.69, 9.17) is 4.52 Å². The Morgan fingerprint density at radius 2 is 2.23 bits per heavy atom. The van der Waals surface area contributed by atoms with Crippen LogP contribution in [-0.2, 0) is 22.6 Å². The number of benzene rings is 1. The normalized spacial score (nSPS) is 19.9. The average Bonchev–Trinajstić information content (AvgIpc) is 3.02. The minimum absolute atomic E-state index is 0.184. The van der Waals surface area contributed by atoms with Crippen LogP contribution in [0.3, 0.4) is 0 Å². The summed E-state index contributed by atoms with van der Waals surface area (Å²) in [5.41, 5.74) is 1.16. The fourth-order valence-corrected chi connectivity index (χ4v) is 3.99. The first kappa shape index (κ1) is 18.4. The van der Waals surface area contributed by atoms with E-state index in [1.807, 2.05) is 0 Å². The summed E-state index contributed by atoms with van der Waals surface area (Å²) in [6.45, 7) is 2.10. The van der Waals surface area contributed by atoms with Gasteiger partial charge in [0.15, 0.2) is 0 Å². The maximum Gasteiger partial charge on any atom is 0.246 e. The lowest BCUT2D eigenvalue weighted by molar-refractivity contribution is -0.135. The first-order chi connectivity index (χ1) is 12.4. The molecule has 1 aromatic heterocycles. The molecule has 0 spiro atoms. The maximum atomic E-state index is 13.8. The topological polar surface area (TPSA) is 75.4 Å². The van der Waals surface area contributed by atoms with Crippen LogP contribution in [0.25, 0.3) is 0 Å². The lowest BCUT2D eigenvalue weighted by Gasteiger charge is -2.30. The molecule has 1 saturated heterocycles. The lowest BCUT2D eigenvalue weighted by atomic mass is 10.1. The summed E-state index contributed by atoms with van der Waals surface area (Å²) >= 11 is 1.38. The fourth-order valence-electron chi connectivity index (χ4n) is 2.82. The number of nitrogens with one attached hydrogen (secondary N) is 1. The van der Waals surface area contributed by atoms with E-state index >= 15 is 0 Å². The molecule has 1 N–H and O–H groups in total. The minimum Gasteiger partial charge on any atom is -0.361 e. The van der Waals surface area contributed by atoms with Crippen LogP contribution in [0.5, 0.6) is 0 Å². The number of carbonyl (C=O) groups is 2. The van der Waals surface area contributed by atoms with Crippen molar-refractivity contribution in [1.29, 1.82) is 0 Å². The van der Waals surface area contributed by atoms with Crippen molar-refractivity contribution < 1.29 is 18.5 Å². The number of rotatable bonds is 5. The Labute approximate surface area is 155 Å². The van der Waals surface area contributed by atoms with Gasteiger partial charge in [0.05, 0.1) is 11.8 Å². The number of halogens is 1. The van der Waals surface area contributed by atoms with Gasteiger partial charge in [-0.1, -0.05) is 23.4 Å². The van der Waals surface area contributed by atoms with Crippen molar-refractivity contribution in [3.63, 3.8) is 0 Å². The van der Waals surface area contributed by atoms with E-state index in [9.17, 15) is 14.0 Å². The Balaban J connectivity index is 1.56. The number of nitrogens with zero attached hydrogens (tertiary/aromatic N) is 2. The lowest BCUT2D eigenvalue weighted by Crippen LogP contribution is -2.54. The monoisotopic (exact) mass is 377 g/mol. The summed E-state index contributed by atoms with van der Waals surface area (Å²) in [6, 6.07) is 7.59. The van der Waals surface area contributed by atoms with Gasteiger partial charge in [0.2, 0.25) is 11.8 Å². The molecule has 0 bridgehead atoms. The summed E-state index contributed by atoms with van der Waals surface area (Å²) in [7, 11) is 1.66. The second-order valence-electron chi connectivity index (χ2n) is 6.30. The molecule has 6 nitrogen and oxygen atoms in total. The Morgan fingerprint density at radius 3 is 2.88 bits per heavy atom. The highest BCUT2D eigenvalue weighted by Crippen LogP contribution is 2.24. The Kier molecular flexibility index (Phi) is 5.61. The Hall–Kier alpha value is -2.35. The van der Waals surface area contributed by atoms with Crippen LogP contribution in [0.4, 0.5) is 4.39 Å². The second kappa shape index (κ2) is 7.90. The molecule has 0 aliphatic carbocycles. The van der Waals surface area contributed by atoms with Crippen LogP contribution >= 0.6 is 11.8 Å². The van der Waals surface area contributed by atoms with Gasteiger partial charge in [0.25, 0.3) is 0 Å². The van der Waals surface area contributed by atoms with E-state index in [1.165, 1.54) is 22.7 Å². The largest absolute Gasteiger partial charge is 0.361 e. The van der Waals surface area contributed by atoms with Crippen LogP contribution in [0.15, 0.2) is 34.9 Å². The van der Waals surface area contributed by atoms with Crippen LogP contribution in [0.2, 0.25) is 0 Å². The zero-order valence-corrected chi connectivity index (χ0v) is 15.4. The number of carbonyl (C=O) groups excluding carboxylic acids is 2. The molecule has 1 aliphatic rings. The van der Waals surface area contributed by atoms with Crippen molar-refractivity contribution in [3.05, 3.63) is 53.2 Å². The molecule has 1 aliphatic heterocycles. The molecule has 138 valence electrons. The van der Waals surface area contributed by atoms with Gasteiger partial charge in [0, 0.05) is 18.9 Å². The number of aromatic nitrogens is 1. The second-order valence-corrected chi connectivity index (χ2v) is 7.54. The van der Waals surface area contributed by atoms with Gasteiger partial charge in [-0.3, -0.25) is 9.59 Å². The van der Waals surface area contributed by atoms with Crippen LogP contribution in [0, 0.1) is 12.7 Å². The minimum atomic E-state index is -0.595. The molecule has 0 radical (unpaired) electrons. The molecule has 1 aromatic carbocycles. The van der Waals surface area contributed by atoms with E-state index in [1.54, 1.807) is 38.2 Å². The van der Waals surface area contributed by atoms with E-state index in [2.05, 4.69) is 10.5 Å². The van der Waals surface area contributed by atoms with Crippen molar-refractivity contribution in [2.45, 2.75) is 31.2 Å². The third kappa shape index (κ3) is 4.24.